The number of carbonyl (C=O) groups excluding carboxylic acids is 2. The number of nitrogens with zero attached hydrogens (tertiary/aromatic N) is 1. The number of carbonyl (C=O) groups is 2. The molecule has 1 aromatic rings. The van der Waals surface area contributed by atoms with Crippen molar-refractivity contribution in [3.05, 3.63) is 35.4 Å². The van der Waals surface area contributed by atoms with E-state index in [9.17, 15) is 18.4 Å². The maximum atomic E-state index is 13.8. The van der Waals surface area contributed by atoms with E-state index in [2.05, 4.69) is 5.32 Å². The van der Waals surface area contributed by atoms with Crippen molar-refractivity contribution in [2.45, 2.75) is 31.8 Å². The predicted molar refractivity (Wildman–Crippen MR) is 81.9 cm³/mol. The summed E-state index contributed by atoms with van der Waals surface area (Å²) in [6.45, 7) is 1.52. The molecule has 24 heavy (non-hydrogen) atoms. The van der Waals surface area contributed by atoms with Gasteiger partial charge < -0.3 is 15.0 Å². The van der Waals surface area contributed by atoms with Crippen LogP contribution in [0.5, 0.6) is 0 Å². The van der Waals surface area contributed by atoms with E-state index in [1.165, 1.54) is 17.0 Å². The summed E-state index contributed by atoms with van der Waals surface area (Å²) in [6, 6.07) is 2.74. The Hall–Kier alpha value is -2.02. The van der Waals surface area contributed by atoms with Gasteiger partial charge in [0.05, 0.1) is 12.5 Å². The monoisotopic (exact) mass is 338 g/mol. The Balaban J connectivity index is 1.62. The Kier molecular flexibility index (Phi) is 5.08. The Morgan fingerprint density at radius 1 is 1.33 bits per heavy atom. The highest BCUT2D eigenvalue weighted by Gasteiger charge is 2.33. The minimum Gasteiger partial charge on any atom is -0.381 e. The van der Waals surface area contributed by atoms with Crippen molar-refractivity contribution >= 4 is 11.8 Å². The number of piperidine rings is 1. The molecule has 0 radical (unpaired) electrons. The number of rotatable bonds is 4. The first-order chi connectivity index (χ1) is 11.5. The zero-order valence-electron chi connectivity index (χ0n) is 13.3. The van der Waals surface area contributed by atoms with E-state index in [0.717, 1.165) is 12.5 Å². The van der Waals surface area contributed by atoms with Gasteiger partial charge >= 0.3 is 0 Å². The van der Waals surface area contributed by atoms with Crippen LogP contribution in [-0.4, -0.2) is 42.5 Å². The van der Waals surface area contributed by atoms with Gasteiger partial charge in [-0.25, -0.2) is 8.78 Å². The summed E-state index contributed by atoms with van der Waals surface area (Å²) < 4.78 is 31.9. The summed E-state index contributed by atoms with van der Waals surface area (Å²) in [6.07, 6.45) is 1.96. The summed E-state index contributed by atoms with van der Waals surface area (Å²) in [5.41, 5.74) is 0.265. The quantitative estimate of drug-likeness (QED) is 0.907. The molecule has 0 unspecified atom stereocenters. The number of ether oxygens (including phenoxy) is 1. The first kappa shape index (κ1) is 16.8. The number of halogens is 2. The smallest absolute Gasteiger partial charge is 0.245 e. The number of benzene rings is 1. The summed E-state index contributed by atoms with van der Waals surface area (Å²) in [5, 5.41) is 2.79. The topological polar surface area (TPSA) is 58.6 Å². The molecule has 0 spiro atoms. The molecule has 2 heterocycles. The lowest BCUT2D eigenvalue weighted by Crippen LogP contribution is -2.53. The fraction of sp³-hybridized carbons (Fsp3) is 0.529. The molecule has 2 aliphatic heterocycles. The van der Waals surface area contributed by atoms with Crippen LogP contribution >= 0.6 is 0 Å². The SMILES string of the molecule is O=C(N[C@@H]1CCCN(Cc2ccc(F)cc2F)C1=O)[C@@H]1CCOC1. The average molecular weight is 338 g/mol. The predicted octanol–water partition coefficient (Wildman–Crippen LogP) is 1.61. The largest absolute Gasteiger partial charge is 0.381 e. The van der Waals surface area contributed by atoms with E-state index in [4.69, 9.17) is 4.74 Å². The van der Waals surface area contributed by atoms with Crippen molar-refractivity contribution in [1.29, 1.82) is 0 Å². The standard InChI is InChI=1S/C17H20F2N2O3/c18-13-4-3-11(14(19)8-13)9-21-6-1-2-15(17(21)23)20-16(22)12-5-7-24-10-12/h3-4,8,12,15H,1-2,5-7,9-10H2,(H,20,22)/t12-,15-/m1/s1. The summed E-state index contributed by atoms with van der Waals surface area (Å²) in [7, 11) is 0. The van der Waals surface area contributed by atoms with Crippen molar-refractivity contribution in [3.8, 4) is 0 Å². The fourth-order valence-electron chi connectivity index (χ4n) is 3.12. The van der Waals surface area contributed by atoms with E-state index >= 15 is 0 Å². The van der Waals surface area contributed by atoms with Gasteiger partial charge in [0.15, 0.2) is 0 Å². The molecule has 1 N–H and O–H groups in total. The molecule has 0 aliphatic carbocycles. The third-order valence-corrected chi connectivity index (χ3v) is 4.52. The van der Waals surface area contributed by atoms with Crippen molar-refractivity contribution in [1.82, 2.24) is 10.2 Å². The van der Waals surface area contributed by atoms with Crippen molar-refractivity contribution in [3.63, 3.8) is 0 Å². The molecule has 0 bridgehead atoms. The summed E-state index contributed by atoms with van der Waals surface area (Å²) in [5.74, 6) is -1.91. The molecule has 5 nitrogen and oxygen atoms in total. The van der Waals surface area contributed by atoms with Gasteiger partial charge in [0.1, 0.15) is 17.7 Å². The van der Waals surface area contributed by atoms with Gasteiger partial charge in [-0.2, -0.15) is 0 Å². The highest BCUT2D eigenvalue weighted by Crippen LogP contribution is 2.19. The molecule has 2 fully saturated rings. The van der Waals surface area contributed by atoms with Gasteiger partial charge in [-0.3, -0.25) is 9.59 Å². The van der Waals surface area contributed by atoms with Gasteiger partial charge in [0.25, 0.3) is 0 Å². The third-order valence-electron chi connectivity index (χ3n) is 4.52. The number of likely N-dealkylation sites (tertiary alicyclic amines) is 1. The second-order valence-corrected chi connectivity index (χ2v) is 6.26. The number of hydrogen-bond acceptors (Lipinski definition) is 3. The van der Waals surface area contributed by atoms with E-state index in [0.29, 0.717) is 32.6 Å². The van der Waals surface area contributed by atoms with E-state index in [1.54, 1.807) is 0 Å². The van der Waals surface area contributed by atoms with Crippen LogP contribution in [0, 0.1) is 17.6 Å². The van der Waals surface area contributed by atoms with E-state index in [-0.39, 0.29) is 29.8 Å². The van der Waals surface area contributed by atoms with Gasteiger partial charge in [-0.15, -0.1) is 0 Å². The molecule has 3 rings (SSSR count). The zero-order valence-corrected chi connectivity index (χ0v) is 13.3. The molecule has 130 valence electrons. The molecule has 2 atom stereocenters. The third kappa shape index (κ3) is 3.72. The summed E-state index contributed by atoms with van der Waals surface area (Å²) in [4.78, 5) is 26.2. The lowest BCUT2D eigenvalue weighted by Gasteiger charge is -2.33. The number of hydrogen-bond donors (Lipinski definition) is 1. The van der Waals surface area contributed by atoms with Gasteiger partial charge in [0, 0.05) is 31.3 Å². The first-order valence-electron chi connectivity index (χ1n) is 8.15. The number of amides is 2. The minimum atomic E-state index is -0.669. The maximum absolute atomic E-state index is 13.8. The van der Waals surface area contributed by atoms with E-state index < -0.39 is 17.7 Å². The molecule has 2 amide bonds. The Morgan fingerprint density at radius 2 is 2.17 bits per heavy atom. The molecule has 0 aromatic heterocycles. The second-order valence-electron chi connectivity index (χ2n) is 6.26. The fourth-order valence-corrected chi connectivity index (χ4v) is 3.12. The Bertz CT molecular complexity index is 632. The number of nitrogens with one attached hydrogen (secondary N) is 1. The molecule has 2 saturated heterocycles. The minimum absolute atomic E-state index is 0.0733. The lowest BCUT2D eigenvalue weighted by molar-refractivity contribution is -0.140. The van der Waals surface area contributed by atoms with Crippen LogP contribution in [0.4, 0.5) is 8.78 Å². The summed E-state index contributed by atoms with van der Waals surface area (Å²) >= 11 is 0. The molecule has 2 aliphatic rings. The molecule has 7 heteroatoms. The molecular weight excluding hydrogens is 318 g/mol. The van der Waals surface area contributed by atoms with Gasteiger partial charge in [-0.05, 0) is 25.3 Å². The van der Waals surface area contributed by atoms with Crippen LogP contribution in [0.2, 0.25) is 0 Å². The first-order valence-corrected chi connectivity index (χ1v) is 8.15. The van der Waals surface area contributed by atoms with Gasteiger partial charge in [0.2, 0.25) is 11.8 Å². The van der Waals surface area contributed by atoms with Crippen molar-refractivity contribution in [2.24, 2.45) is 5.92 Å². The van der Waals surface area contributed by atoms with Crippen LogP contribution in [0.15, 0.2) is 18.2 Å². The van der Waals surface area contributed by atoms with E-state index in [1.807, 2.05) is 0 Å². The van der Waals surface area contributed by atoms with Crippen molar-refractivity contribution in [2.75, 3.05) is 19.8 Å². The Labute approximate surface area is 139 Å². The van der Waals surface area contributed by atoms with Crippen LogP contribution < -0.4 is 5.32 Å². The van der Waals surface area contributed by atoms with Crippen LogP contribution in [-0.2, 0) is 20.9 Å². The lowest BCUT2D eigenvalue weighted by atomic mass is 10.0. The average Bonchev–Trinajstić information content (AvgIpc) is 3.08. The van der Waals surface area contributed by atoms with Crippen LogP contribution in [0.3, 0.4) is 0 Å². The van der Waals surface area contributed by atoms with Crippen LogP contribution in [0.25, 0.3) is 0 Å². The molecule has 1 aromatic carbocycles. The zero-order chi connectivity index (χ0) is 17.1. The normalized spacial score (nSPS) is 24.2. The molecule has 0 saturated carbocycles. The van der Waals surface area contributed by atoms with Gasteiger partial charge in [-0.1, -0.05) is 6.07 Å². The highest BCUT2D eigenvalue weighted by atomic mass is 19.1. The van der Waals surface area contributed by atoms with Crippen molar-refractivity contribution < 1.29 is 23.1 Å². The van der Waals surface area contributed by atoms with Crippen LogP contribution in [0.1, 0.15) is 24.8 Å². The Morgan fingerprint density at radius 3 is 2.88 bits per heavy atom. The maximum Gasteiger partial charge on any atom is 0.245 e. The highest BCUT2D eigenvalue weighted by molar-refractivity contribution is 5.89. The second kappa shape index (κ2) is 7.25. The molecular formula is C17H20F2N2O3.